The first kappa shape index (κ1) is 21.9. The molecular weight excluding hydrogens is 266 g/mol. The lowest BCUT2D eigenvalue weighted by molar-refractivity contribution is 0.281. The monoisotopic (exact) mass is 296 g/mol. The van der Waals surface area contributed by atoms with Crippen molar-refractivity contribution in [2.75, 3.05) is 0 Å². The number of benzene rings is 1. The highest BCUT2D eigenvalue weighted by atomic mass is 19.1. The smallest absolute Gasteiger partial charge is 0.144 e. The maximum atomic E-state index is 12.9. The lowest BCUT2D eigenvalue weighted by Crippen LogP contribution is -2.21. The molecule has 2 rings (SSSR count). The molecular formula is C19H30F2. The molecule has 2 heteroatoms. The maximum Gasteiger partial charge on any atom is 0.144 e. The van der Waals surface area contributed by atoms with Gasteiger partial charge in [0.15, 0.2) is 0 Å². The molecule has 1 aliphatic carbocycles. The third-order valence-corrected chi connectivity index (χ3v) is 2.41. The van der Waals surface area contributed by atoms with Gasteiger partial charge in [-0.25, -0.2) is 8.78 Å². The zero-order valence-electron chi connectivity index (χ0n) is 14.5. The van der Waals surface area contributed by atoms with Crippen molar-refractivity contribution in [1.29, 1.82) is 0 Å². The first-order chi connectivity index (χ1) is 9.81. The molecule has 0 radical (unpaired) electrons. The molecule has 1 aromatic carbocycles. The van der Waals surface area contributed by atoms with Crippen molar-refractivity contribution in [3.8, 4) is 0 Å². The number of alkyl halides is 2. The van der Waals surface area contributed by atoms with E-state index in [9.17, 15) is 8.78 Å². The predicted octanol–water partition coefficient (Wildman–Crippen LogP) is 6.62. The van der Waals surface area contributed by atoms with E-state index in [-0.39, 0.29) is 0 Å². The Morgan fingerprint density at radius 1 is 0.667 bits per heavy atom. The number of rotatable bonds is 0. The van der Waals surface area contributed by atoms with Crippen LogP contribution in [0.5, 0.6) is 0 Å². The molecule has 1 aliphatic rings. The second-order valence-electron chi connectivity index (χ2n) is 4.62. The summed E-state index contributed by atoms with van der Waals surface area (Å²) in [5.41, 5.74) is -1.61. The van der Waals surface area contributed by atoms with Crippen LogP contribution in [0, 0.1) is 6.92 Å². The SMILES string of the molecule is CC.CC.CC1(F)C=CC(C)(F)C=C1.Cc1ccccc1. The zero-order chi connectivity index (χ0) is 16.9. The summed E-state index contributed by atoms with van der Waals surface area (Å²) in [6.07, 6.45) is 4.92. The number of hydrogen-bond acceptors (Lipinski definition) is 0. The van der Waals surface area contributed by atoms with E-state index in [1.807, 2.05) is 45.9 Å². The Labute approximate surface area is 129 Å². The fourth-order valence-electron chi connectivity index (χ4n) is 1.30. The molecule has 0 fully saturated rings. The minimum Gasteiger partial charge on any atom is -0.235 e. The van der Waals surface area contributed by atoms with Crippen LogP contribution >= 0.6 is 0 Å². The topological polar surface area (TPSA) is 0 Å². The van der Waals surface area contributed by atoms with Crippen molar-refractivity contribution in [1.82, 2.24) is 0 Å². The summed E-state index contributed by atoms with van der Waals surface area (Å²) in [4.78, 5) is 0. The first-order valence-corrected chi connectivity index (χ1v) is 7.61. The molecule has 0 aromatic heterocycles. The van der Waals surface area contributed by atoms with Gasteiger partial charge in [0.05, 0.1) is 0 Å². The predicted molar refractivity (Wildman–Crippen MR) is 91.2 cm³/mol. The van der Waals surface area contributed by atoms with Gasteiger partial charge >= 0.3 is 0 Å². The zero-order valence-corrected chi connectivity index (χ0v) is 14.5. The van der Waals surface area contributed by atoms with Crippen LogP contribution in [0.25, 0.3) is 0 Å². The molecule has 0 amide bonds. The molecule has 0 heterocycles. The first-order valence-electron chi connectivity index (χ1n) is 7.61. The molecule has 0 saturated carbocycles. The van der Waals surface area contributed by atoms with Crippen molar-refractivity contribution in [3.05, 3.63) is 60.2 Å². The summed E-state index contributed by atoms with van der Waals surface area (Å²) in [5, 5.41) is 0. The Hall–Kier alpha value is -1.44. The molecule has 0 unspecified atom stereocenters. The van der Waals surface area contributed by atoms with Crippen molar-refractivity contribution in [3.63, 3.8) is 0 Å². The highest BCUT2D eigenvalue weighted by Crippen LogP contribution is 2.26. The van der Waals surface area contributed by atoms with Crippen LogP contribution in [0.4, 0.5) is 8.78 Å². The van der Waals surface area contributed by atoms with Gasteiger partial charge in [-0.3, -0.25) is 0 Å². The summed E-state index contributed by atoms with van der Waals surface area (Å²) < 4.78 is 25.7. The summed E-state index contributed by atoms with van der Waals surface area (Å²) in [7, 11) is 0. The van der Waals surface area contributed by atoms with Crippen molar-refractivity contribution >= 4 is 0 Å². The molecule has 120 valence electrons. The Morgan fingerprint density at radius 3 is 1.14 bits per heavy atom. The van der Waals surface area contributed by atoms with Gasteiger partial charge < -0.3 is 0 Å². The molecule has 0 atom stereocenters. The second-order valence-corrected chi connectivity index (χ2v) is 4.62. The van der Waals surface area contributed by atoms with Gasteiger partial charge in [-0.2, -0.15) is 0 Å². The number of allylic oxidation sites excluding steroid dienone is 4. The standard InChI is InChI=1S/C8H10F2.C7H8.2C2H6/c1-7(9)3-5-8(2,10)6-4-7;1-7-5-3-2-4-6-7;2*1-2/h3-6H,1-2H3;2-6H,1H3;2*1-2H3. The van der Waals surface area contributed by atoms with E-state index in [0.29, 0.717) is 0 Å². The lowest BCUT2D eigenvalue weighted by atomic mass is 9.95. The molecule has 0 aliphatic heterocycles. The van der Waals surface area contributed by atoms with Crippen LogP contribution in [-0.2, 0) is 0 Å². The van der Waals surface area contributed by atoms with E-state index >= 15 is 0 Å². The van der Waals surface area contributed by atoms with E-state index in [2.05, 4.69) is 19.1 Å². The van der Waals surface area contributed by atoms with E-state index in [0.717, 1.165) is 0 Å². The molecule has 0 nitrogen and oxygen atoms in total. The van der Waals surface area contributed by atoms with Crippen molar-refractivity contribution in [2.24, 2.45) is 0 Å². The van der Waals surface area contributed by atoms with Gasteiger partial charge in [-0.05, 0) is 45.1 Å². The van der Waals surface area contributed by atoms with Gasteiger partial charge in [-0.15, -0.1) is 0 Å². The van der Waals surface area contributed by atoms with E-state index in [4.69, 9.17) is 0 Å². The Kier molecular flexibility index (Phi) is 11.7. The molecule has 21 heavy (non-hydrogen) atoms. The van der Waals surface area contributed by atoms with Crippen LogP contribution in [0.15, 0.2) is 54.6 Å². The van der Waals surface area contributed by atoms with E-state index < -0.39 is 11.3 Å². The van der Waals surface area contributed by atoms with Crippen molar-refractivity contribution < 1.29 is 8.78 Å². The van der Waals surface area contributed by atoms with Gasteiger partial charge in [0, 0.05) is 0 Å². The fraction of sp³-hybridized carbons (Fsp3) is 0.474. The summed E-state index contributed by atoms with van der Waals surface area (Å²) in [6, 6.07) is 10.3. The Bertz CT molecular complexity index is 363. The lowest BCUT2D eigenvalue weighted by Gasteiger charge is -2.20. The van der Waals surface area contributed by atoms with Crippen LogP contribution in [0.1, 0.15) is 47.1 Å². The largest absolute Gasteiger partial charge is 0.235 e. The average Bonchev–Trinajstić information content (AvgIpc) is 2.49. The third-order valence-electron chi connectivity index (χ3n) is 2.41. The van der Waals surface area contributed by atoms with Crippen LogP contribution in [0.3, 0.4) is 0 Å². The summed E-state index contributed by atoms with van der Waals surface area (Å²) in [5.74, 6) is 0. The van der Waals surface area contributed by atoms with Crippen molar-refractivity contribution in [2.45, 2.75) is 59.8 Å². The Balaban J connectivity index is 0. The van der Waals surface area contributed by atoms with Gasteiger partial charge in [0.25, 0.3) is 0 Å². The fourth-order valence-corrected chi connectivity index (χ4v) is 1.30. The number of aryl methyl sites for hydroxylation is 1. The molecule has 0 bridgehead atoms. The van der Waals surface area contributed by atoms with Crippen LogP contribution in [0.2, 0.25) is 0 Å². The minimum atomic E-state index is -1.47. The van der Waals surface area contributed by atoms with E-state index in [1.165, 1.54) is 43.7 Å². The Morgan fingerprint density at radius 2 is 0.952 bits per heavy atom. The molecule has 0 spiro atoms. The van der Waals surface area contributed by atoms with Gasteiger partial charge in [0.2, 0.25) is 0 Å². The van der Waals surface area contributed by atoms with Gasteiger partial charge in [-0.1, -0.05) is 63.6 Å². The van der Waals surface area contributed by atoms with Crippen LogP contribution in [-0.4, -0.2) is 11.3 Å². The molecule has 0 N–H and O–H groups in total. The molecule has 0 saturated heterocycles. The second kappa shape index (κ2) is 11.2. The minimum absolute atomic E-state index is 1.23. The quantitative estimate of drug-likeness (QED) is 0.472. The maximum absolute atomic E-state index is 12.9. The highest BCUT2D eigenvalue weighted by molar-refractivity contribution is 5.26. The normalized spacial score (nSPS) is 25.4. The number of hydrogen-bond donors (Lipinski definition) is 0. The average molecular weight is 296 g/mol. The molecule has 1 aromatic rings. The highest BCUT2D eigenvalue weighted by Gasteiger charge is 2.25. The van der Waals surface area contributed by atoms with E-state index in [1.54, 1.807) is 0 Å². The third kappa shape index (κ3) is 12.0. The van der Waals surface area contributed by atoms with Gasteiger partial charge in [0.1, 0.15) is 11.3 Å². The summed E-state index contributed by atoms with van der Waals surface area (Å²) in [6.45, 7) is 12.9. The summed E-state index contributed by atoms with van der Waals surface area (Å²) >= 11 is 0. The number of halogens is 2. The van der Waals surface area contributed by atoms with Crippen LogP contribution < -0.4 is 0 Å².